The van der Waals surface area contributed by atoms with E-state index in [9.17, 15) is 9.59 Å². The van der Waals surface area contributed by atoms with Gasteiger partial charge in [0.2, 0.25) is 5.91 Å². The van der Waals surface area contributed by atoms with Gasteiger partial charge in [-0.3, -0.25) is 4.79 Å². The monoisotopic (exact) mass is 281 g/mol. The molecule has 1 fully saturated rings. The predicted molar refractivity (Wildman–Crippen MR) is 76.0 cm³/mol. The minimum absolute atomic E-state index is 0.168. The van der Waals surface area contributed by atoms with Crippen LogP contribution in [0.1, 0.15) is 20.3 Å². The first-order chi connectivity index (χ1) is 9.54. The maximum atomic E-state index is 12.1. The number of ether oxygens (including phenoxy) is 1. The molecule has 6 heteroatoms. The van der Waals surface area contributed by atoms with E-state index < -0.39 is 6.04 Å². The molecule has 0 bridgehead atoms. The third-order valence-electron chi connectivity index (χ3n) is 2.98. The summed E-state index contributed by atoms with van der Waals surface area (Å²) in [4.78, 5) is 25.8. The number of nitrogens with one attached hydrogen (secondary N) is 2. The lowest BCUT2D eigenvalue weighted by Crippen LogP contribution is -2.53. The van der Waals surface area contributed by atoms with Crippen molar-refractivity contribution in [2.75, 3.05) is 32.8 Å². The van der Waals surface area contributed by atoms with E-state index in [1.165, 1.54) is 0 Å². The highest BCUT2D eigenvalue weighted by Crippen LogP contribution is 2.06. The van der Waals surface area contributed by atoms with Gasteiger partial charge in [0, 0.05) is 13.1 Å². The van der Waals surface area contributed by atoms with Crippen LogP contribution in [0.25, 0.3) is 0 Å². The van der Waals surface area contributed by atoms with Crippen molar-refractivity contribution in [2.45, 2.75) is 26.3 Å². The fourth-order valence-corrected chi connectivity index (χ4v) is 1.97. The van der Waals surface area contributed by atoms with Gasteiger partial charge in [0.1, 0.15) is 6.04 Å². The van der Waals surface area contributed by atoms with Gasteiger partial charge in [0.25, 0.3) is 0 Å². The Morgan fingerprint density at radius 2 is 2.00 bits per heavy atom. The van der Waals surface area contributed by atoms with E-state index in [4.69, 9.17) is 11.2 Å². The van der Waals surface area contributed by atoms with Gasteiger partial charge in [-0.05, 0) is 12.3 Å². The largest absolute Gasteiger partial charge is 0.378 e. The van der Waals surface area contributed by atoms with Crippen LogP contribution in [0.5, 0.6) is 0 Å². The van der Waals surface area contributed by atoms with Crippen LogP contribution >= 0.6 is 0 Å². The molecular weight excluding hydrogens is 258 g/mol. The summed E-state index contributed by atoms with van der Waals surface area (Å²) in [7, 11) is 0. The Morgan fingerprint density at radius 1 is 1.35 bits per heavy atom. The Labute approximate surface area is 120 Å². The smallest absolute Gasteiger partial charge is 0.318 e. The lowest BCUT2D eigenvalue weighted by molar-refractivity contribution is -0.123. The zero-order valence-corrected chi connectivity index (χ0v) is 12.1. The van der Waals surface area contributed by atoms with E-state index in [0.717, 1.165) is 0 Å². The van der Waals surface area contributed by atoms with Crippen molar-refractivity contribution in [3.8, 4) is 12.3 Å². The number of amides is 3. The minimum atomic E-state index is -0.557. The lowest BCUT2D eigenvalue weighted by atomic mass is 10.0. The number of morpholine rings is 1. The summed E-state index contributed by atoms with van der Waals surface area (Å²) in [6, 6.07) is -0.784. The molecule has 1 atom stereocenters. The summed E-state index contributed by atoms with van der Waals surface area (Å²) in [5.41, 5.74) is 0. The van der Waals surface area contributed by atoms with Crippen LogP contribution in [0.2, 0.25) is 0 Å². The van der Waals surface area contributed by atoms with E-state index >= 15 is 0 Å². The van der Waals surface area contributed by atoms with Crippen LogP contribution in [-0.4, -0.2) is 55.7 Å². The molecule has 0 spiro atoms. The normalized spacial score (nSPS) is 16.4. The van der Waals surface area contributed by atoms with Crippen LogP contribution < -0.4 is 10.6 Å². The number of carbonyl (C=O) groups is 2. The van der Waals surface area contributed by atoms with Gasteiger partial charge in [0.05, 0.1) is 19.8 Å². The number of rotatable bonds is 5. The van der Waals surface area contributed by atoms with Crippen LogP contribution in [0, 0.1) is 18.3 Å². The molecule has 1 rings (SSSR count). The fraction of sp³-hybridized carbons (Fsp3) is 0.714. The third kappa shape index (κ3) is 5.49. The van der Waals surface area contributed by atoms with Gasteiger partial charge in [-0.25, -0.2) is 4.79 Å². The van der Waals surface area contributed by atoms with E-state index in [1.807, 2.05) is 13.8 Å². The molecule has 1 heterocycles. The van der Waals surface area contributed by atoms with Crippen LogP contribution in [0.3, 0.4) is 0 Å². The first kappa shape index (κ1) is 16.3. The lowest BCUT2D eigenvalue weighted by Gasteiger charge is -2.29. The molecule has 0 aromatic carbocycles. The Bertz CT molecular complexity index is 370. The Hall–Kier alpha value is -1.74. The van der Waals surface area contributed by atoms with Crippen LogP contribution in [-0.2, 0) is 9.53 Å². The number of carbonyl (C=O) groups excluding carboxylic acids is 2. The molecule has 0 aromatic rings. The standard InChI is InChI=1S/C14H23N3O3/c1-4-5-15-13(18)12(10-11(2)3)16-14(19)17-6-8-20-9-7-17/h1,11-12H,5-10H2,2-3H3,(H,15,18)(H,16,19)/t12-/m0/s1. The molecule has 0 unspecified atom stereocenters. The number of hydrogen-bond acceptors (Lipinski definition) is 3. The van der Waals surface area contributed by atoms with E-state index in [2.05, 4.69) is 16.6 Å². The number of urea groups is 1. The molecule has 0 aromatic heterocycles. The topological polar surface area (TPSA) is 70.7 Å². The second-order valence-corrected chi connectivity index (χ2v) is 5.15. The summed E-state index contributed by atoms with van der Waals surface area (Å²) in [5.74, 6) is 2.41. The SMILES string of the molecule is C#CCNC(=O)[C@H](CC(C)C)NC(=O)N1CCOCC1. The molecule has 112 valence electrons. The molecule has 0 radical (unpaired) electrons. The summed E-state index contributed by atoms with van der Waals surface area (Å²) < 4.78 is 5.20. The number of nitrogens with zero attached hydrogens (tertiary/aromatic N) is 1. The van der Waals surface area contributed by atoms with Crippen molar-refractivity contribution in [1.29, 1.82) is 0 Å². The third-order valence-corrected chi connectivity index (χ3v) is 2.98. The zero-order valence-electron chi connectivity index (χ0n) is 12.1. The fourth-order valence-electron chi connectivity index (χ4n) is 1.97. The average Bonchev–Trinajstić information content (AvgIpc) is 2.44. The molecule has 1 aliphatic rings. The van der Waals surface area contributed by atoms with Crippen molar-refractivity contribution in [3.05, 3.63) is 0 Å². The van der Waals surface area contributed by atoms with Gasteiger partial charge in [-0.15, -0.1) is 6.42 Å². The summed E-state index contributed by atoms with van der Waals surface area (Å²) in [6.07, 6.45) is 5.70. The van der Waals surface area contributed by atoms with Crippen molar-refractivity contribution in [3.63, 3.8) is 0 Å². The zero-order chi connectivity index (χ0) is 15.0. The highest BCUT2D eigenvalue weighted by Gasteiger charge is 2.25. The first-order valence-corrected chi connectivity index (χ1v) is 6.89. The average molecular weight is 281 g/mol. The Morgan fingerprint density at radius 3 is 2.55 bits per heavy atom. The Balaban J connectivity index is 2.56. The summed E-state index contributed by atoms with van der Waals surface area (Å²) >= 11 is 0. The molecular formula is C14H23N3O3. The number of hydrogen-bond donors (Lipinski definition) is 2. The minimum Gasteiger partial charge on any atom is -0.378 e. The second-order valence-electron chi connectivity index (χ2n) is 5.15. The second kappa shape index (κ2) is 8.43. The quantitative estimate of drug-likeness (QED) is 0.707. The van der Waals surface area contributed by atoms with Gasteiger partial charge < -0.3 is 20.3 Å². The van der Waals surface area contributed by atoms with Crippen LogP contribution in [0.15, 0.2) is 0 Å². The number of terminal acetylenes is 1. The molecule has 6 nitrogen and oxygen atoms in total. The van der Waals surface area contributed by atoms with Gasteiger partial charge in [0.15, 0.2) is 0 Å². The van der Waals surface area contributed by atoms with Crippen molar-refractivity contribution in [1.82, 2.24) is 15.5 Å². The van der Waals surface area contributed by atoms with Gasteiger partial charge >= 0.3 is 6.03 Å². The summed E-state index contributed by atoms with van der Waals surface area (Å²) in [5, 5.41) is 5.39. The van der Waals surface area contributed by atoms with E-state index in [1.54, 1.807) is 4.90 Å². The molecule has 3 amide bonds. The van der Waals surface area contributed by atoms with Crippen molar-refractivity contribution in [2.24, 2.45) is 5.92 Å². The highest BCUT2D eigenvalue weighted by atomic mass is 16.5. The Kier molecular flexibility index (Phi) is 6.88. The molecule has 0 saturated carbocycles. The molecule has 2 N–H and O–H groups in total. The maximum absolute atomic E-state index is 12.1. The molecule has 0 aliphatic carbocycles. The molecule has 20 heavy (non-hydrogen) atoms. The maximum Gasteiger partial charge on any atom is 0.318 e. The predicted octanol–water partition coefficient (Wildman–Crippen LogP) is 0.192. The van der Waals surface area contributed by atoms with E-state index in [-0.39, 0.29) is 18.5 Å². The van der Waals surface area contributed by atoms with Gasteiger partial charge in [-0.1, -0.05) is 19.8 Å². The van der Waals surface area contributed by atoms with Crippen molar-refractivity contribution >= 4 is 11.9 Å². The molecule has 1 aliphatic heterocycles. The van der Waals surface area contributed by atoms with E-state index in [0.29, 0.717) is 38.6 Å². The highest BCUT2D eigenvalue weighted by molar-refractivity contribution is 5.87. The van der Waals surface area contributed by atoms with Crippen molar-refractivity contribution < 1.29 is 14.3 Å². The van der Waals surface area contributed by atoms with Gasteiger partial charge in [-0.2, -0.15) is 0 Å². The molecule has 1 saturated heterocycles. The first-order valence-electron chi connectivity index (χ1n) is 6.89. The summed E-state index contributed by atoms with van der Waals surface area (Å²) in [6.45, 7) is 6.33. The van der Waals surface area contributed by atoms with Crippen LogP contribution in [0.4, 0.5) is 4.79 Å².